The van der Waals surface area contributed by atoms with E-state index in [0.717, 1.165) is 24.1 Å². The number of carbonyl (C=O) groups is 1. The Morgan fingerprint density at radius 3 is 2.78 bits per heavy atom. The molecule has 1 unspecified atom stereocenters. The molecule has 0 amide bonds. The zero-order valence-electron chi connectivity index (χ0n) is 11.0. The molecule has 4 heteroatoms. The fraction of sp³-hybridized carbons (Fsp3) is 0.429. The summed E-state index contributed by atoms with van der Waals surface area (Å²) in [6.45, 7) is 6.11. The van der Waals surface area contributed by atoms with E-state index < -0.39 is 5.97 Å². The second kappa shape index (κ2) is 4.80. The summed E-state index contributed by atoms with van der Waals surface area (Å²) in [4.78, 5) is 16.0. The smallest absolute Gasteiger partial charge is 0.354 e. The number of pyridine rings is 1. The summed E-state index contributed by atoms with van der Waals surface area (Å²) in [5, 5.41) is 9.40. The van der Waals surface area contributed by atoms with Crippen molar-refractivity contribution in [3.63, 3.8) is 0 Å². The highest BCUT2D eigenvalue weighted by atomic mass is 16.4. The van der Waals surface area contributed by atoms with Crippen LogP contribution in [0.5, 0.6) is 0 Å². The number of carboxylic acid groups (broad SMARTS) is 1. The summed E-state index contributed by atoms with van der Waals surface area (Å²) < 4.78 is 1.70. The van der Waals surface area contributed by atoms with Crippen LogP contribution in [-0.4, -0.2) is 20.5 Å². The van der Waals surface area contributed by atoms with E-state index in [2.05, 4.69) is 4.98 Å². The third-order valence-corrected chi connectivity index (χ3v) is 3.42. The van der Waals surface area contributed by atoms with Crippen molar-refractivity contribution in [3.8, 4) is 0 Å². The van der Waals surface area contributed by atoms with Gasteiger partial charge in [-0.25, -0.2) is 9.78 Å². The van der Waals surface area contributed by atoms with Gasteiger partial charge >= 0.3 is 5.97 Å². The van der Waals surface area contributed by atoms with Crippen LogP contribution in [0.25, 0.3) is 5.65 Å². The van der Waals surface area contributed by atoms with Crippen LogP contribution in [0.2, 0.25) is 0 Å². The van der Waals surface area contributed by atoms with Crippen molar-refractivity contribution in [1.82, 2.24) is 9.38 Å². The molecule has 0 radical (unpaired) electrons. The molecular weight excluding hydrogens is 228 g/mol. The first kappa shape index (κ1) is 12.6. The molecule has 0 aliphatic rings. The summed E-state index contributed by atoms with van der Waals surface area (Å²) in [7, 11) is 0. The van der Waals surface area contributed by atoms with Crippen LogP contribution in [0, 0.1) is 0 Å². The molecule has 0 saturated heterocycles. The minimum Gasteiger partial charge on any atom is -0.477 e. The van der Waals surface area contributed by atoms with E-state index in [0.29, 0.717) is 11.4 Å². The number of nitrogens with zero attached hydrogens (tertiary/aromatic N) is 2. The van der Waals surface area contributed by atoms with Crippen molar-refractivity contribution >= 4 is 11.6 Å². The summed E-state index contributed by atoms with van der Waals surface area (Å²) in [5.41, 5.74) is 2.84. The maximum Gasteiger partial charge on any atom is 0.354 e. The fourth-order valence-electron chi connectivity index (χ4n) is 2.17. The van der Waals surface area contributed by atoms with Gasteiger partial charge in [0.1, 0.15) is 5.65 Å². The SMILES string of the molecule is CCc1cccn2c(C(=O)O)c(C(C)CC)nc12. The first-order valence-electron chi connectivity index (χ1n) is 6.33. The number of rotatable bonds is 4. The summed E-state index contributed by atoms with van der Waals surface area (Å²) in [5.74, 6) is -0.758. The van der Waals surface area contributed by atoms with E-state index in [9.17, 15) is 9.90 Å². The molecule has 2 aromatic heterocycles. The van der Waals surface area contributed by atoms with Gasteiger partial charge in [-0.3, -0.25) is 4.40 Å². The van der Waals surface area contributed by atoms with Gasteiger partial charge in [-0.1, -0.05) is 26.8 Å². The van der Waals surface area contributed by atoms with Crippen molar-refractivity contribution in [2.45, 2.75) is 39.5 Å². The predicted molar refractivity (Wildman–Crippen MR) is 70.2 cm³/mol. The van der Waals surface area contributed by atoms with Gasteiger partial charge < -0.3 is 5.11 Å². The largest absolute Gasteiger partial charge is 0.477 e. The van der Waals surface area contributed by atoms with Gasteiger partial charge in [0, 0.05) is 12.1 Å². The molecular formula is C14H18N2O2. The Kier molecular flexibility index (Phi) is 3.36. The summed E-state index contributed by atoms with van der Waals surface area (Å²) >= 11 is 0. The van der Waals surface area contributed by atoms with Crippen LogP contribution in [0.1, 0.15) is 54.9 Å². The van der Waals surface area contributed by atoms with Gasteiger partial charge in [0.05, 0.1) is 5.69 Å². The summed E-state index contributed by atoms with van der Waals surface area (Å²) in [6.07, 6.45) is 3.50. The van der Waals surface area contributed by atoms with Crippen molar-refractivity contribution in [2.24, 2.45) is 0 Å². The standard InChI is InChI=1S/C14H18N2O2/c1-4-9(3)11-12(14(17)18)16-8-6-7-10(5-2)13(16)15-11/h6-9H,4-5H2,1-3H3,(H,17,18). The van der Waals surface area contributed by atoms with Gasteiger partial charge in [0.25, 0.3) is 0 Å². The Bertz CT molecular complexity index is 587. The lowest BCUT2D eigenvalue weighted by molar-refractivity contribution is 0.0687. The van der Waals surface area contributed by atoms with Crippen molar-refractivity contribution in [3.05, 3.63) is 35.3 Å². The topological polar surface area (TPSA) is 54.6 Å². The van der Waals surface area contributed by atoms with Gasteiger partial charge in [-0.2, -0.15) is 0 Å². The number of aromatic nitrogens is 2. The number of fused-ring (bicyclic) bond motifs is 1. The Balaban J connectivity index is 2.78. The molecule has 96 valence electrons. The van der Waals surface area contributed by atoms with E-state index >= 15 is 0 Å². The van der Waals surface area contributed by atoms with Gasteiger partial charge in [-0.05, 0) is 24.5 Å². The Morgan fingerprint density at radius 2 is 2.22 bits per heavy atom. The van der Waals surface area contributed by atoms with Crippen molar-refractivity contribution in [1.29, 1.82) is 0 Å². The molecule has 2 heterocycles. The molecule has 0 bridgehead atoms. The van der Waals surface area contributed by atoms with E-state index in [-0.39, 0.29) is 5.92 Å². The highest BCUT2D eigenvalue weighted by Crippen LogP contribution is 2.25. The van der Waals surface area contributed by atoms with Gasteiger partial charge in [0.2, 0.25) is 0 Å². The van der Waals surface area contributed by atoms with Crippen molar-refractivity contribution < 1.29 is 9.90 Å². The second-order valence-electron chi connectivity index (χ2n) is 4.54. The van der Waals surface area contributed by atoms with Crippen molar-refractivity contribution in [2.75, 3.05) is 0 Å². The maximum atomic E-state index is 11.5. The van der Waals surface area contributed by atoms with Crippen LogP contribution in [0.15, 0.2) is 18.3 Å². The zero-order chi connectivity index (χ0) is 13.3. The number of hydrogen-bond acceptors (Lipinski definition) is 2. The lowest BCUT2D eigenvalue weighted by atomic mass is 10.0. The van der Waals surface area contributed by atoms with E-state index in [1.807, 2.05) is 32.9 Å². The predicted octanol–water partition coefficient (Wildman–Crippen LogP) is 3.11. The Hall–Kier alpha value is -1.84. The van der Waals surface area contributed by atoms with Crippen LogP contribution in [0.4, 0.5) is 0 Å². The average molecular weight is 246 g/mol. The monoisotopic (exact) mass is 246 g/mol. The van der Waals surface area contributed by atoms with E-state index in [1.165, 1.54) is 0 Å². The van der Waals surface area contributed by atoms with Crippen LogP contribution in [-0.2, 0) is 6.42 Å². The molecule has 1 atom stereocenters. The van der Waals surface area contributed by atoms with Crippen LogP contribution in [0.3, 0.4) is 0 Å². The maximum absolute atomic E-state index is 11.5. The minimum absolute atomic E-state index is 0.153. The third kappa shape index (κ3) is 1.88. The van der Waals surface area contributed by atoms with Gasteiger partial charge in [0.15, 0.2) is 5.69 Å². The highest BCUT2D eigenvalue weighted by molar-refractivity contribution is 5.88. The normalized spacial score (nSPS) is 12.8. The molecule has 0 aliphatic carbocycles. The highest BCUT2D eigenvalue weighted by Gasteiger charge is 2.22. The minimum atomic E-state index is -0.911. The van der Waals surface area contributed by atoms with Gasteiger partial charge in [-0.15, -0.1) is 0 Å². The van der Waals surface area contributed by atoms with Crippen LogP contribution >= 0.6 is 0 Å². The van der Waals surface area contributed by atoms with E-state index in [4.69, 9.17) is 0 Å². The number of aryl methyl sites for hydroxylation is 1. The average Bonchev–Trinajstić information content (AvgIpc) is 2.76. The molecule has 0 saturated carbocycles. The first-order chi connectivity index (χ1) is 8.60. The number of carboxylic acids is 1. The Morgan fingerprint density at radius 1 is 1.50 bits per heavy atom. The number of aromatic carboxylic acids is 1. The third-order valence-electron chi connectivity index (χ3n) is 3.42. The molecule has 2 rings (SSSR count). The molecule has 0 aromatic carbocycles. The fourth-order valence-corrected chi connectivity index (χ4v) is 2.17. The number of hydrogen-bond donors (Lipinski definition) is 1. The zero-order valence-corrected chi connectivity index (χ0v) is 11.0. The quantitative estimate of drug-likeness (QED) is 0.901. The molecule has 1 N–H and O–H groups in total. The Labute approximate surface area is 106 Å². The lowest BCUT2D eigenvalue weighted by Gasteiger charge is -2.05. The first-order valence-corrected chi connectivity index (χ1v) is 6.33. The lowest BCUT2D eigenvalue weighted by Crippen LogP contribution is -2.07. The molecule has 2 aromatic rings. The molecule has 18 heavy (non-hydrogen) atoms. The molecule has 0 aliphatic heterocycles. The molecule has 0 fully saturated rings. The van der Waals surface area contributed by atoms with E-state index in [1.54, 1.807) is 10.6 Å². The number of imidazole rings is 1. The molecule has 0 spiro atoms. The van der Waals surface area contributed by atoms with Crippen LogP contribution < -0.4 is 0 Å². The summed E-state index contributed by atoms with van der Waals surface area (Å²) in [6, 6.07) is 3.87. The molecule has 4 nitrogen and oxygen atoms in total. The second-order valence-corrected chi connectivity index (χ2v) is 4.54.